The van der Waals surface area contributed by atoms with Crippen molar-refractivity contribution in [1.82, 2.24) is 9.31 Å². The fourth-order valence-corrected chi connectivity index (χ4v) is 7.37. The number of benzene rings is 3. The van der Waals surface area contributed by atoms with E-state index in [1.165, 1.54) is 30.7 Å². The van der Waals surface area contributed by atoms with E-state index in [2.05, 4.69) is 6.08 Å². The molecule has 2 aliphatic rings. The highest BCUT2D eigenvalue weighted by Crippen LogP contribution is 2.45. The minimum Gasteiger partial charge on any atom is -0.383 e. The first-order valence-electron chi connectivity index (χ1n) is 14.4. The Labute approximate surface area is 268 Å². The Kier molecular flexibility index (Phi) is 10.6. The molecule has 2 atom stereocenters. The number of rotatable bonds is 11. The first kappa shape index (κ1) is 32.3. The summed E-state index contributed by atoms with van der Waals surface area (Å²) >= 11 is 12.3. The lowest BCUT2D eigenvalue weighted by Gasteiger charge is -2.29. The third kappa shape index (κ3) is 7.09. The van der Waals surface area contributed by atoms with Crippen LogP contribution in [0, 0.1) is 5.92 Å². The van der Waals surface area contributed by atoms with E-state index in [9.17, 15) is 13.2 Å². The molecule has 3 aromatic carbocycles. The predicted octanol–water partition coefficient (Wildman–Crippen LogP) is 6.71. The molecule has 0 spiro atoms. The number of halogens is 2. The second-order valence-electron chi connectivity index (χ2n) is 10.8. The average Bonchev–Trinajstić information content (AvgIpc) is 3.43. The Morgan fingerprint density at radius 3 is 2.11 bits per heavy atom. The van der Waals surface area contributed by atoms with Crippen molar-refractivity contribution in [2.24, 2.45) is 11.0 Å². The zero-order valence-corrected chi connectivity index (χ0v) is 27.0. The lowest BCUT2D eigenvalue weighted by atomic mass is 9.77. The van der Waals surface area contributed by atoms with Crippen LogP contribution in [0.3, 0.4) is 0 Å². The Hall–Kier alpha value is -3.05. The van der Waals surface area contributed by atoms with Crippen molar-refractivity contribution in [2.75, 3.05) is 40.5 Å². The molecule has 8 nitrogen and oxygen atoms in total. The minimum absolute atomic E-state index is 0.00204. The average molecular weight is 657 g/mol. The van der Waals surface area contributed by atoms with Gasteiger partial charge >= 0.3 is 0 Å². The van der Waals surface area contributed by atoms with Gasteiger partial charge in [0, 0.05) is 48.8 Å². The smallest absolute Gasteiger partial charge is 0.274 e. The molecule has 11 heteroatoms. The molecular formula is C33H35Cl2N3O5S. The van der Waals surface area contributed by atoms with Gasteiger partial charge in [-0.3, -0.25) is 4.79 Å². The number of nitrogens with zero attached hydrogens (tertiary/aromatic N) is 3. The van der Waals surface area contributed by atoms with Gasteiger partial charge in [-0.15, -0.1) is 0 Å². The van der Waals surface area contributed by atoms with Crippen LogP contribution in [0.1, 0.15) is 46.8 Å². The van der Waals surface area contributed by atoms with Gasteiger partial charge < -0.3 is 9.47 Å². The van der Waals surface area contributed by atoms with Crippen LogP contribution in [0.15, 0.2) is 88.4 Å². The SMILES string of the molecule is COCCN(CCOC)S(=O)(=O)c1ccc(C(=O)N2N=C3/C(=C\c4ccc(Cl)cc4)CCC[C@H]3[C@H]2c2ccc(Cl)cc2)cc1. The van der Waals surface area contributed by atoms with E-state index in [4.69, 9.17) is 37.8 Å². The van der Waals surface area contributed by atoms with Gasteiger partial charge in [0.05, 0.1) is 29.9 Å². The van der Waals surface area contributed by atoms with Crippen LogP contribution in [-0.4, -0.2) is 69.9 Å². The van der Waals surface area contributed by atoms with Gasteiger partial charge in [-0.2, -0.15) is 9.41 Å². The maximum atomic E-state index is 14.1. The fourth-order valence-electron chi connectivity index (χ4n) is 5.71. The standard InChI is InChI=1S/C33H35Cl2N3O5S/c1-42-20-18-37(19-21-43-2)44(40,41)29-16-10-25(11-17-29)33(39)38-32(24-8-14-28(35)15-9-24)30-5-3-4-26(31(30)36-38)22-23-6-12-27(34)13-7-23/h6-17,22,30,32H,3-5,18-21H2,1-2H3/b26-22-/t30-,32-/m1/s1. The molecule has 232 valence electrons. The molecule has 0 aromatic heterocycles. The van der Waals surface area contributed by atoms with Gasteiger partial charge in [-0.1, -0.05) is 47.5 Å². The van der Waals surface area contributed by atoms with Crippen molar-refractivity contribution < 1.29 is 22.7 Å². The summed E-state index contributed by atoms with van der Waals surface area (Å²) in [7, 11) is -0.787. The number of hydrazone groups is 1. The van der Waals surface area contributed by atoms with Crippen LogP contribution in [0.4, 0.5) is 0 Å². The second-order valence-corrected chi connectivity index (χ2v) is 13.6. The topological polar surface area (TPSA) is 88.5 Å². The quantitative estimate of drug-likeness (QED) is 0.229. The molecule has 1 aliphatic carbocycles. The summed E-state index contributed by atoms with van der Waals surface area (Å²) in [5.41, 5.74) is 4.28. The number of carbonyl (C=O) groups is 1. The van der Waals surface area contributed by atoms with Crippen molar-refractivity contribution in [3.8, 4) is 0 Å². The van der Waals surface area contributed by atoms with E-state index in [0.717, 1.165) is 41.7 Å². The summed E-state index contributed by atoms with van der Waals surface area (Å²) in [4.78, 5) is 14.2. The van der Waals surface area contributed by atoms with Crippen molar-refractivity contribution in [1.29, 1.82) is 0 Å². The Balaban J connectivity index is 1.48. The number of sulfonamides is 1. The number of methoxy groups -OCH3 is 2. The number of amides is 1. The number of carbonyl (C=O) groups excluding carboxylic acids is 1. The summed E-state index contributed by atoms with van der Waals surface area (Å²) in [5, 5.41) is 7.78. The van der Waals surface area contributed by atoms with Gasteiger partial charge in [0.2, 0.25) is 10.0 Å². The van der Waals surface area contributed by atoms with E-state index in [1.807, 2.05) is 48.5 Å². The van der Waals surface area contributed by atoms with Crippen molar-refractivity contribution in [3.63, 3.8) is 0 Å². The molecule has 1 aliphatic heterocycles. The first-order valence-corrected chi connectivity index (χ1v) is 16.6. The van der Waals surface area contributed by atoms with Gasteiger partial charge in [-0.05, 0) is 90.6 Å². The molecule has 1 fully saturated rings. The lowest BCUT2D eigenvalue weighted by molar-refractivity contribution is 0.0680. The van der Waals surface area contributed by atoms with Gasteiger partial charge in [0.15, 0.2) is 0 Å². The highest BCUT2D eigenvalue weighted by atomic mass is 35.5. The summed E-state index contributed by atoms with van der Waals surface area (Å²) in [6.45, 7) is 0.862. The van der Waals surface area contributed by atoms with Crippen LogP contribution < -0.4 is 0 Å². The zero-order valence-electron chi connectivity index (χ0n) is 24.7. The molecule has 1 amide bonds. The highest BCUT2D eigenvalue weighted by molar-refractivity contribution is 7.89. The summed E-state index contributed by atoms with van der Waals surface area (Å²) in [6.07, 6.45) is 4.81. The van der Waals surface area contributed by atoms with E-state index in [-0.39, 0.29) is 49.1 Å². The summed E-state index contributed by atoms with van der Waals surface area (Å²) in [5.74, 6) is -0.306. The lowest BCUT2D eigenvalue weighted by Crippen LogP contribution is -2.36. The van der Waals surface area contributed by atoms with Crippen LogP contribution >= 0.6 is 23.2 Å². The largest absolute Gasteiger partial charge is 0.383 e. The van der Waals surface area contributed by atoms with Crippen molar-refractivity contribution >= 4 is 50.9 Å². The van der Waals surface area contributed by atoms with E-state index >= 15 is 0 Å². The maximum Gasteiger partial charge on any atom is 0.274 e. The monoisotopic (exact) mass is 655 g/mol. The normalized spacial score (nSPS) is 19.3. The van der Waals surface area contributed by atoms with Gasteiger partial charge in [0.25, 0.3) is 5.91 Å². The van der Waals surface area contributed by atoms with Crippen molar-refractivity contribution in [3.05, 3.63) is 105 Å². The van der Waals surface area contributed by atoms with Gasteiger partial charge in [-0.25, -0.2) is 13.4 Å². The third-order valence-corrected chi connectivity index (χ3v) is 10.4. The zero-order chi connectivity index (χ0) is 31.3. The fraction of sp³-hybridized carbons (Fsp3) is 0.333. The molecule has 5 rings (SSSR count). The molecule has 0 bridgehead atoms. The molecule has 0 unspecified atom stereocenters. The molecule has 44 heavy (non-hydrogen) atoms. The molecule has 1 saturated carbocycles. The number of ether oxygens (including phenoxy) is 2. The third-order valence-electron chi connectivity index (χ3n) is 7.96. The first-order chi connectivity index (χ1) is 21.2. The number of hydrogen-bond donors (Lipinski definition) is 0. The molecule has 0 radical (unpaired) electrons. The van der Waals surface area contributed by atoms with Crippen LogP contribution in [0.2, 0.25) is 10.0 Å². The minimum atomic E-state index is -3.83. The van der Waals surface area contributed by atoms with E-state index in [0.29, 0.717) is 15.6 Å². The highest BCUT2D eigenvalue weighted by Gasteiger charge is 2.44. The van der Waals surface area contributed by atoms with Crippen LogP contribution in [0.25, 0.3) is 6.08 Å². The molecule has 0 saturated heterocycles. The number of allylic oxidation sites excluding steroid dienone is 1. The Morgan fingerprint density at radius 2 is 1.52 bits per heavy atom. The maximum absolute atomic E-state index is 14.1. The number of hydrogen-bond acceptors (Lipinski definition) is 6. The molecule has 1 heterocycles. The Bertz CT molecular complexity index is 1620. The molecule has 0 N–H and O–H groups in total. The van der Waals surface area contributed by atoms with E-state index in [1.54, 1.807) is 17.1 Å². The summed E-state index contributed by atoms with van der Waals surface area (Å²) < 4.78 is 38.3. The second kappa shape index (κ2) is 14.4. The number of fused-ring (bicyclic) bond motifs is 1. The van der Waals surface area contributed by atoms with Gasteiger partial charge in [0.1, 0.15) is 0 Å². The molecule has 3 aromatic rings. The van der Waals surface area contributed by atoms with Crippen LogP contribution in [0.5, 0.6) is 0 Å². The van der Waals surface area contributed by atoms with Crippen LogP contribution in [-0.2, 0) is 19.5 Å². The van der Waals surface area contributed by atoms with Crippen molar-refractivity contribution in [2.45, 2.75) is 30.2 Å². The van der Waals surface area contributed by atoms with E-state index < -0.39 is 10.0 Å². The molecular weight excluding hydrogens is 621 g/mol. The predicted molar refractivity (Wildman–Crippen MR) is 174 cm³/mol. The Morgan fingerprint density at radius 1 is 0.932 bits per heavy atom. The summed E-state index contributed by atoms with van der Waals surface area (Å²) in [6, 6.07) is 20.9.